The van der Waals surface area contributed by atoms with Gasteiger partial charge in [0, 0.05) is 7.11 Å². The number of methoxy groups -OCH3 is 1. The maximum Gasteiger partial charge on any atom is 0.187 e. The summed E-state index contributed by atoms with van der Waals surface area (Å²) in [6.07, 6.45) is -4.13. The van der Waals surface area contributed by atoms with Crippen LogP contribution < -0.4 is 0 Å². The molecule has 7 nitrogen and oxygen atoms in total. The fourth-order valence-electron chi connectivity index (χ4n) is 4.00. The summed E-state index contributed by atoms with van der Waals surface area (Å²) in [4.78, 5) is 0. The van der Waals surface area contributed by atoms with Crippen molar-refractivity contribution in [3.63, 3.8) is 0 Å². The van der Waals surface area contributed by atoms with Crippen LogP contribution in [0.3, 0.4) is 0 Å². The minimum Gasteiger partial charge on any atom is -0.385 e. The highest BCUT2D eigenvalue weighted by atomic mass is 16.7. The van der Waals surface area contributed by atoms with Gasteiger partial charge in [0.1, 0.15) is 30.0 Å². The maximum atomic E-state index is 11.6. The second-order valence-electron chi connectivity index (χ2n) is 7.71. The standard InChI is InChI=1S/C23H28O7/c1-26-20-19(24)22-29-18(14-27-12-16-8-4-2-5-9-16)23(25,21(20)30-22)15-28-13-17-10-6-3-7-11-17/h2-11,18-22,24-25H,12-15H2,1H3/t18-,19-,20-,21+,22+,23-/m1/s1. The molecular weight excluding hydrogens is 388 g/mol. The maximum absolute atomic E-state index is 11.6. The van der Waals surface area contributed by atoms with E-state index >= 15 is 0 Å². The summed E-state index contributed by atoms with van der Waals surface area (Å²) in [5.41, 5.74) is 0.467. The normalized spacial score (nSPS) is 33.0. The van der Waals surface area contributed by atoms with E-state index in [1.807, 2.05) is 60.7 Å². The van der Waals surface area contributed by atoms with Crippen LogP contribution in [-0.4, -0.2) is 66.8 Å². The number of rotatable bonds is 9. The summed E-state index contributed by atoms with van der Waals surface area (Å²) in [6, 6.07) is 19.5. The van der Waals surface area contributed by atoms with Crippen LogP contribution in [0.5, 0.6) is 0 Å². The number of ether oxygens (including phenoxy) is 5. The third-order valence-electron chi connectivity index (χ3n) is 5.64. The lowest BCUT2D eigenvalue weighted by Gasteiger charge is -2.44. The zero-order chi connectivity index (χ0) is 21.0. The van der Waals surface area contributed by atoms with Gasteiger partial charge in [0.05, 0.1) is 26.4 Å². The van der Waals surface area contributed by atoms with E-state index in [1.54, 1.807) is 0 Å². The molecule has 2 bridgehead atoms. The fraction of sp³-hybridized carbons (Fsp3) is 0.478. The molecule has 2 fully saturated rings. The molecule has 0 aromatic heterocycles. The first-order chi connectivity index (χ1) is 14.6. The van der Waals surface area contributed by atoms with Crippen molar-refractivity contribution < 1.29 is 33.9 Å². The first-order valence-corrected chi connectivity index (χ1v) is 10.1. The molecule has 2 aromatic rings. The molecule has 2 aliphatic rings. The van der Waals surface area contributed by atoms with E-state index in [4.69, 9.17) is 23.7 Å². The molecule has 2 aromatic carbocycles. The summed E-state index contributed by atoms with van der Waals surface area (Å²) in [5.74, 6) is 0. The molecule has 0 radical (unpaired) electrons. The number of aliphatic hydroxyl groups excluding tert-OH is 1. The number of aliphatic hydroxyl groups is 2. The van der Waals surface area contributed by atoms with Crippen molar-refractivity contribution in [2.75, 3.05) is 20.3 Å². The van der Waals surface area contributed by atoms with Gasteiger partial charge in [-0.2, -0.15) is 0 Å². The molecule has 4 rings (SSSR count). The second-order valence-corrected chi connectivity index (χ2v) is 7.71. The lowest BCUT2D eigenvalue weighted by molar-refractivity contribution is -0.322. The van der Waals surface area contributed by atoms with Gasteiger partial charge in [-0.3, -0.25) is 0 Å². The average molecular weight is 416 g/mol. The van der Waals surface area contributed by atoms with E-state index in [-0.39, 0.29) is 13.2 Å². The largest absolute Gasteiger partial charge is 0.385 e. The molecule has 2 saturated heterocycles. The molecule has 162 valence electrons. The topological polar surface area (TPSA) is 86.6 Å². The Labute approximate surface area is 176 Å². The minimum atomic E-state index is -1.54. The van der Waals surface area contributed by atoms with Crippen molar-refractivity contribution in [1.82, 2.24) is 0 Å². The summed E-state index contributed by atoms with van der Waals surface area (Å²) in [5, 5.41) is 22.0. The SMILES string of the molecule is CO[C@@H]1[C@@H](O)[C@H]2O[C@H](COCc3ccccc3)[C@](O)(COCc3ccccc3)[C@H]1O2. The van der Waals surface area contributed by atoms with Crippen molar-refractivity contribution in [2.45, 2.75) is 49.5 Å². The number of fused-ring (bicyclic) bond motifs is 2. The Bertz CT molecular complexity index is 787. The lowest BCUT2D eigenvalue weighted by atomic mass is 9.87. The highest BCUT2D eigenvalue weighted by Gasteiger charge is 2.63. The smallest absolute Gasteiger partial charge is 0.187 e. The Morgan fingerprint density at radius 2 is 1.50 bits per heavy atom. The Morgan fingerprint density at radius 3 is 2.10 bits per heavy atom. The monoisotopic (exact) mass is 416 g/mol. The molecule has 2 aliphatic heterocycles. The predicted molar refractivity (Wildman–Crippen MR) is 107 cm³/mol. The summed E-state index contributed by atoms with van der Waals surface area (Å²) < 4.78 is 28.7. The van der Waals surface area contributed by atoms with E-state index < -0.39 is 36.3 Å². The molecule has 0 amide bonds. The zero-order valence-corrected chi connectivity index (χ0v) is 16.9. The van der Waals surface area contributed by atoms with E-state index in [0.717, 1.165) is 11.1 Å². The van der Waals surface area contributed by atoms with Gasteiger partial charge >= 0.3 is 0 Å². The predicted octanol–water partition coefficient (Wildman–Crippen LogP) is 1.65. The quantitative estimate of drug-likeness (QED) is 0.643. The molecule has 30 heavy (non-hydrogen) atoms. The number of benzene rings is 2. The van der Waals surface area contributed by atoms with E-state index in [1.165, 1.54) is 7.11 Å². The second kappa shape index (κ2) is 9.53. The Hall–Kier alpha value is -1.84. The van der Waals surface area contributed by atoms with Gasteiger partial charge in [0.25, 0.3) is 0 Å². The molecule has 0 unspecified atom stereocenters. The van der Waals surface area contributed by atoms with Crippen LogP contribution in [0.25, 0.3) is 0 Å². The first-order valence-electron chi connectivity index (χ1n) is 10.1. The van der Waals surface area contributed by atoms with E-state index in [0.29, 0.717) is 13.2 Å². The van der Waals surface area contributed by atoms with Crippen molar-refractivity contribution in [1.29, 1.82) is 0 Å². The first kappa shape index (κ1) is 21.4. The van der Waals surface area contributed by atoms with Crippen molar-refractivity contribution in [2.24, 2.45) is 0 Å². The zero-order valence-electron chi connectivity index (χ0n) is 16.9. The van der Waals surface area contributed by atoms with Crippen molar-refractivity contribution in [3.05, 3.63) is 71.8 Å². The molecular formula is C23H28O7. The Morgan fingerprint density at radius 1 is 0.900 bits per heavy atom. The van der Waals surface area contributed by atoms with Gasteiger partial charge in [-0.15, -0.1) is 0 Å². The van der Waals surface area contributed by atoms with Crippen LogP contribution in [-0.2, 0) is 36.9 Å². The lowest BCUT2D eigenvalue weighted by Crippen LogP contribution is -2.63. The Kier molecular flexibility index (Phi) is 6.80. The van der Waals surface area contributed by atoms with E-state index in [2.05, 4.69) is 0 Å². The van der Waals surface area contributed by atoms with Gasteiger partial charge in [-0.25, -0.2) is 0 Å². The van der Waals surface area contributed by atoms with Crippen LogP contribution in [0.4, 0.5) is 0 Å². The molecule has 0 saturated carbocycles. The van der Waals surface area contributed by atoms with Crippen LogP contribution in [0, 0.1) is 0 Å². The highest BCUT2D eigenvalue weighted by Crippen LogP contribution is 2.40. The third kappa shape index (κ3) is 4.43. The van der Waals surface area contributed by atoms with Crippen LogP contribution >= 0.6 is 0 Å². The molecule has 7 heteroatoms. The van der Waals surface area contributed by atoms with Gasteiger partial charge in [0.15, 0.2) is 6.29 Å². The molecule has 2 heterocycles. The average Bonchev–Trinajstić information content (AvgIpc) is 3.06. The Balaban J connectivity index is 1.44. The third-order valence-corrected chi connectivity index (χ3v) is 5.64. The van der Waals surface area contributed by atoms with Gasteiger partial charge in [-0.1, -0.05) is 60.7 Å². The van der Waals surface area contributed by atoms with Crippen LogP contribution in [0.15, 0.2) is 60.7 Å². The molecule has 0 aliphatic carbocycles. The minimum absolute atomic E-state index is 0.0504. The summed E-state index contributed by atoms with van der Waals surface area (Å²) >= 11 is 0. The molecule has 2 N–H and O–H groups in total. The molecule has 0 spiro atoms. The summed E-state index contributed by atoms with van der Waals surface area (Å²) in [6.45, 7) is 0.788. The van der Waals surface area contributed by atoms with Crippen molar-refractivity contribution in [3.8, 4) is 0 Å². The number of hydrogen-bond donors (Lipinski definition) is 2. The van der Waals surface area contributed by atoms with Crippen LogP contribution in [0.1, 0.15) is 11.1 Å². The summed E-state index contributed by atoms with van der Waals surface area (Å²) in [7, 11) is 1.48. The fourth-order valence-corrected chi connectivity index (χ4v) is 4.00. The molecule has 6 atom stereocenters. The highest BCUT2D eigenvalue weighted by molar-refractivity contribution is 5.15. The van der Waals surface area contributed by atoms with Crippen molar-refractivity contribution >= 4 is 0 Å². The number of hydrogen-bond acceptors (Lipinski definition) is 7. The van der Waals surface area contributed by atoms with Gasteiger partial charge < -0.3 is 33.9 Å². The van der Waals surface area contributed by atoms with Gasteiger partial charge in [-0.05, 0) is 11.1 Å². The van der Waals surface area contributed by atoms with E-state index in [9.17, 15) is 10.2 Å². The van der Waals surface area contributed by atoms with Gasteiger partial charge in [0.2, 0.25) is 0 Å². The van der Waals surface area contributed by atoms with Crippen LogP contribution in [0.2, 0.25) is 0 Å².